The van der Waals surface area contributed by atoms with Gasteiger partial charge in [0.15, 0.2) is 6.35 Å². The van der Waals surface area contributed by atoms with Gasteiger partial charge in [0.05, 0.1) is 0 Å². The molecule has 22 heavy (non-hydrogen) atoms. The molecule has 1 aliphatic heterocycles. The third-order valence-electron chi connectivity index (χ3n) is 5.55. The van der Waals surface area contributed by atoms with Gasteiger partial charge >= 0.3 is 0 Å². The molecule has 5 heteroatoms. The molecule has 1 unspecified atom stereocenters. The highest BCUT2D eigenvalue weighted by Gasteiger charge is 2.47. The lowest BCUT2D eigenvalue weighted by Crippen LogP contribution is -2.54. The van der Waals surface area contributed by atoms with Gasteiger partial charge in [-0.15, -0.1) is 0 Å². The van der Waals surface area contributed by atoms with Gasteiger partial charge in [0, 0.05) is 17.6 Å². The summed E-state index contributed by atoms with van der Waals surface area (Å²) >= 11 is 0. The SMILES string of the molecule is Cc1cc(F)cc(C2(N(C)C)CCC3(CC2)CNC(O)N3)c1. The van der Waals surface area contributed by atoms with Crippen LogP contribution >= 0.6 is 0 Å². The van der Waals surface area contributed by atoms with Crippen molar-refractivity contribution in [2.75, 3.05) is 20.6 Å². The average Bonchev–Trinajstić information content (AvgIpc) is 2.80. The van der Waals surface area contributed by atoms with Crippen molar-refractivity contribution in [3.8, 4) is 0 Å². The number of hydrogen-bond acceptors (Lipinski definition) is 4. The molecule has 1 saturated heterocycles. The molecule has 2 fully saturated rings. The molecular formula is C17H26FN3O. The monoisotopic (exact) mass is 307 g/mol. The second kappa shape index (κ2) is 5.57. The molecule has 122 valence electrons. The zero-order chi connectivity index (χ0) is 16.0. The molecule has 1 atom stereocenters. The maximum absolute atomic E-state index is 13.9. The van der Waals surface area contributed by atoms with E-state index in [0.717, 1.165) is 43.4 Å². The van der Waals surface area contributed by atoms with Crippen LogP contribution in [0, 0.1) is 12.7 Å². The summed E-state index contributed by atoms with van der Waals surface area (Å²) in [5.41, 5.74) is 1.87. The van der Waals surface area contributed by atoms with Gasteiger partial charge in [-0.25, -0.2) is 4.39 Å². The van der Waals surface area contributed by atoms with Crippen molar-refractivity contribution in [2.45, 2.75) is 50.0 Å². The number of aliphatic hydroxyl groups is 1. The third kappa shape index (κ3) is 2.67. The van der Waals surface area contributed by atoms with Crippen molar-refractivity contribution < 1.29 is 9.50 Å². The Kier molecular flexibility index (Phi) is 4.01. The Bertz CT molecular complexity index is 533. The van der Waals surface area contributed by atoms with E-state index in [1.807, 2.05) is 6.92 Å². The van der Waals surface area contributed by atoms with Gasteiger partial charge in [-0.3, -0.25) is 15.5 Å². The fourth-order valence-electron chi connectivity index (χ4n) is 4.15. The Labute approximate surface area is 131 Å². The van der Waals surface area contributed by atoms with E-state index in [1.165, 1.54) is 0 Å². The molecule has 0 amide bonds. The first-order chi connectivity index (χ1) is 10.4. The quantitative estimate of drug-likeness (QED) is 0.778. The minimum Gasteiger partial charge on any atom is -0.365 e. The Morgan fingerprint density at radius 2 is 1.86 bits per heavy atom. The fraction of sp³-hybridized carbons (Fsp3) is 0.647. The minimum absolute atomic E-state index is 0.0265. The molecule has 1 aliphatic carbocycles. The van der Waals surface area contributed by atoms with E-state index in [0.29, 0.717) is 0 Å². The topological polar surface area (TPSA) is 47.5 Å². The highest BCUT2D eigenvalue weighted by molar-refractivity contribution is 5.31. The molecular weight excluding hydrogens is 281 g/mol. The number of benzene rings is 1. The highest BCUT2D eigenvalue weighted by Crippen LogP contribution is 2.45. The lowest BCUT2D eigenvalue weighted by Gasteiger charge is -2.49. The highest BCUT2D eigenvalue weighted by atomic mass is 19.1. The second-order valence-corrected chi connectivity index (χ2v) is 7.15. The van der Waals surface area contributed by atoms with Crippen LogP contribution in [-0.4, -0.2) is 42.5 Å². The Hall–Kier alpha value is -1.01. The van der Waals surface area contributed by atoms with Crippen molar-refractivity contribution in [1.82, 2.24) is 15.5 Å². The molecule has 0 bridgehead atoms. The second-order valence-electron chi connectivity index (χ2n) is 7.15. The standard InChI is InChI=1S/C17H26FN3O/c1-12-8-13(10-14(18)9-12)17(21(2)3)6-4-16(5-7-17)11-19-15(22)20-16/h8-10,15,19-20,22H,4-7,11H2,1-3H3. The number of halogens is 1. The van der Waals surface area contributed by atoms with Crippen LogP contribution in [0.5, 0.6) is 0 Å². The molecule has 3 rings (SSSR count). The summed E-state index contributed by atoms with van der Waals surface area (Å²) in [7, 11) is 4.15. The van der Waals surface area contributed by atoms with Crippen molar-refractivity contribution >= 4 is 0 Å². The van der Waals surface area contributed by atoms with Gasteiger partial charge < -0.3 is 5.11 Å². The van der Waals surface area contributed by atoms with Crippen LogP contribution < -0.4 is 10.6 Å². The van der Waals surface area contributed by atoms with Gasteiger partial charge in [-0.2, -0.15) is 0 Å². The molecule has 2 aliphatic rings. The van der Waals surface area contributed by atoms with E-state index in [1.54, 1.807) is 12.1 Å². The van der Waals surface area contributed by atoms with Gasteiger partial charge in [-0.1, -0.05) is 6.07 Å². The van der Waals surface area contributed by atoms with E-state index in [9.17, 15) is 9.50 Å². The molecule has 1 aromatic carbocycles. The maximum atomic E-state index is 13.9. The summed E-state index contributed by atoms with van der Waals surface area (Å²) in [6.45, 7) is 2.74. The maximum Gasteiger partial charge on any atom is 0.161 e. The minimum atomic E-state index is -0.608. The van der Waals surface area contributed by atoms with Crippen LogP contribution in [0.25, 0.3) is 0 Å². The number of nitrogens with zero attached hydrogens (tertiary/aromatic N) is 1. The van der Waals surface area contributed by atoms with Crippen LogP contribution in [0.1, 0.15) is 36.8 Å². The largest absolute Gasteiger partial charge is 0.365 e. The van der Waals surface area contributed by atoms with Gasteiger partial charge in [-0.05, 0) is 70.0 Å². The Morgan fingerprint density at radius 3 is 2.36 bits per heavy atom. The van der Waals surface area contributed by atoms with Gasteiger partial charge in [0.1, 0.15) is 5.82 Å². The van der Waals surface area contributed by atoms with Crippen LogP contribution in [0.4, 0.5) is 4.39 Å². The van der Waals surface area contributed by atoms with Crippen LogP contribution in [0.15, 0.2) is 18.2 Å². The van der Waals surface area contributed by atoms with Crippen LogP contribution in [-0.2, 0) is 5.54 Å². The predicted molar refractivity (Wildman–Crippen MR) is 84.8 cm³/mol. The number of hydrogen-bond donors (Lipinski definition) is 3. The fourth-order valence-corrected chi connectivity index (χ4v) is 4.15. The van der Waals surface area contributed by atoms with E-state index < -0.39 is 6.35 Å². The number of aliphatic hydroxyl groups excluding tert-OH is 1. The Balaban J connectivity index is 1.88. The summed E-state index contributed by atoms with van der Waals surface area (Å²) in [4.78, 5) is 2.23. The summed E-state index contributed by atoms with van der Waals surface area (Å²) < 4.78 is 13.9. The smallest absolute Gasteiger partial charge is 0.161 e. The molecule has 0 radical (unpaired) electrons. The van der Waals surface area contributed by atoms with Gasteiger partial charge in [0.2, 0.25) is 0 Å². The summed E-state index contributed by atoms with van der Waals surface area (Å²) in [6.07, 6.45) is 3.22. The first kappa shape index (κ1) is 15.9. The van der Waals surface area contributed by atoms with E-state index >= 15 is 0 Å². The molecule has 1 saturated carbocycles. The summed E-state index contributed by atoms with van der Waals surface area (Å²) in [5, 5.41) is 16.0. The lowest BCUT2D eigenvalue weighted by atomic mass is 9.68. The Morgan fingerprint density at radius 1 is 1.18 bits per heavy atom. The van der Waals surface area contributed by atoms with Crippen molar-refractivity contribution in [2.24, 2.45) is 0 Å². The van der Waals surface area contributed by atoms with Crippen LogP contribution in [0.2, 0.25) is 0 Å². The van der Waals surface area contributed by atoms with Crippen molar-refractivity contribution in [3.05, 3.63) is 35.1 Å². The van der Waals surface area contributed by atoms with Gasteiger partial charge in [0.25, 0.3) is 0 Å². The van der Waals surface area contributed by atoms with E-state index in [-0.39, 0.29) is 16.9 Å². The molecule has 1 spiro atoms. The van der Waals surface area contributed by atoms with E-state index in [2.05, 4.69) is 35.7 Å². The molecule has 4 nitrogen and oxygen atoms in total. The average molecular weight is 307 g/mol. The van der Waals surface area contributed by atoms with E-state index in [4.69, 9.17) is 0 Å². The van der Waals surface area contributed by atoms with Crippen LogP contribution in [0.3, 0.4) is 0 Å². The zero-order valence-corrected chi connectivity index (χ0v) is 13.6. The zero-order valence-electron chi connectivity index (χ0n) is 13.6. The predicted octanol–water partition coefficient (Wildman–Crippen LogP) is 1.67. The first-order valence-electron chi connectivity index (χ1n) is 8.00. The number of rotatable bonds is 2. The third-order valence-corrected chi connectivity index (χ3v) is 5.55. The normalized spacial score (nSPS) is 35.5. The molecule has 3 N–H and O–H groups in total. The molecule has 0 aromatic heterocycles. The van der Waals surface area contributed by atoms with Crippen molar-refractivity contribution in [1.29, 1.82) is 0 Å². The molecule has 1 heterocycles. The first-order valence-corrected chi connectivity index (χ1v) is 8.00. The summed E-state index contributed by atoms with van der Waals surface area (Å²) in [5.74, 6) is -0.160. The van der Waals surface area contributed by atoms with Crippen molar-refractivity contribution in [3.63, 3.8) is 0 Å². The summed E-state index contributed by atoms with van der Waals surface area (Å²) in [6, 6.07) is 5.37. The number of nitrogens with one attached hydrogen (secondary N) is 2. The lowest BCUT2D eigenvalue weighted by molar-refractivity contribution is 0.0501. The number of aryl methyl sites for hydroxylation is 1. The molecule has 1 aromatic rings.